The number of rotatable bonds is 6. The maximum atomic E-state index is 11.4. The molecule has 0 radical (unpaired) electrons. The molecule has 2 rings (SSSR count). The van der Waals surface area contributed by atoms with E-state index in [-0.39, 0.29) is 12.6 Å². The van der Waals surface area contributed by atoms with E-state index in [0.717, 1.165) is 18.8 Å². The van der Waals surface area contributed by atoms with E-state index in [2.05, 4.69) is 10.6 Å². The molecule has 0 atom stereocenters. The summed E-state index contributed by atoms with van der Waals surface area (Å²) in [5.74, 6) is 0.00863. The first-order valence-electron chi connectivity index (χ1n) is 6.37. The van der Waals surface area contributed by atoms with E-state index in [1.807, 2.05) is 0 Å². The van der Waals surface area contributed by atoms with Gasteiger partial charge in [-0.05, 0) is 25.2 Å². The first kappa shape index (κ1) is 12.2. The van der Waals surface area contributed by atoms with Gasteiger partial charge in [0.25, 0.3) is 0 Å². The molecule has 0 aromatic carbocycles. The molecule has 2 aliphatic rings. The van der Waals surface area contributed by atoms with Gasteiger partial charge in [0.1, 0.15) is 0 Å². The van der Waals surface area contributed by atoms with Gasteiger partial charge < -0.3 is 15.7 Å². The zero-order chi connectivity index (χ0) is 12.3. The SMILES string of the molecule is O=C(NCCC1CC1)NCC1(C(=O)O)CCC1. The molecule has 2 amide bonds. The van der Waals surface area contributed by atoms with E-state index in [9.17, 15) is 9.59 Å². The summed E-state index contributed by atoms with van der Waals surface area (Å²) in [7, 11) is 0. The molecule has 5 heteroatoms. The van der Waals surface area contributed by atoms with Crippen molar-refractivity contribution in [3.05, 3.63) is 0 Å². The molecule has 0 aliphatic heterocycles. The summed E-state index contributed by atoms with van der Waals surface area (Å²) < 4.78 is 0. The highest BCUT2D eigenvalue weighted by Gasteiger charge is 2.44. The van der Waals surface area contributed by atoms with Gasteiger partial charge in [-0.25, -0.2) is 4.79 Å². The molecule has 0 heterocycles. The Kier molecular flexibility index (Phi) is 3.54. The quantitative estimate of drug-likeness (QED) is 0.655. The van der Waals surface area contributed by atoms with Crippen LogP contribution in [-0.4, -0.2) is 30.2 Å². The Morgan fingerprint density at radius 2 is 1.94 bits per heavy atom. The van der Waals surface area contributed by atoms with Crippen molar-refractivity contribution in [1.29, 1.82) is 0 Å². The second kappa shape index (κ2) is 4.94. The molecule has 0 aromatic rings. The van der Waals surface area contributed by atoms with Crippen molar-refractivity contribution >= 4 is 12.0 Å². The molecule has 96 valence electrons. The summed E-state index contributed by atoms with van der Waals surface area (Å²) in [4.78, 5) is 22.5. The fourth-order valence-corrected chi connectivity index (χ4v) is 2.18. The molecular weight excluding hydrogens is 220 g/mol. The second-order valence-electron chi connectivity index (χ2n) is 5.28. The van der Waals surface area contributed by atoms with Crippen molar-refractivity contribution < 1.29 is 14.7 Å². The van der Waals surface area contributed by atoms with Crippen LogP contribution in [0.1, 0.15) is 38.5 Å². The lowest BCUT2D eigenvalue weighted by molar-refractivity contribution is -0.153. The third-order valence-electron chi connectivity index (χ3n) is 3.89. The Hall–Kier alpha value is -1.26. The summed E-state index contributed by atoms with van der Waals surface area (Å²) in [5.41, 5.74) is -0.701. The van der Waals surface area contributed by atoms with Gasteiger partial charge in [-0.3, -0.25) is 4.79 Å². The number of hydrogen-bond donors (Lipinski definition) is 3. The molecule has 3 N–H and O–H groups in total. The molecule has 2 fully saturated rings. The average Bonchev–Trinajstić information content (AvgIpc) is 2.99. The van der Waals surface area contributed by atoms with E-state index < -0.39 is 11.4 Å². The summed E-state index contributed by atoms with van der Waals surface area (Å²) in [6.07, 6.45) is 5.89. The number of carbonyl (C=O) groups excluding carboxylic acids is 1. The van der Waals surface area contributed by atoms with Crippen LogP contribution in [0.15, 0.2) is 0 Å². The van der Waals surface area contributed by atoms with E-state index in [0.29, 0.717) is 19.4 Å². The molecule has 2 saturated carbocycles. The van der Waals surface area contributed by atoms with Crippen LogP contribution in [0, 0.1) is 11.3 Å². The maximum Gasteiger partial charge on any atom is 0.314 e. The predicted octanol–water partition coefficient (Wildman–Crippen LogP) is 1.34. The normalized spacial score (nSPS) is 21.4. The van der Waals surface area contributed by atoms with Crippen LogP contribution in [0.3, 0.4) is 0 Å². The van der Waals surface area contributed by atoms with Gasteiger partial charge in [0.2, 0.25) is 0 Å². The minimum absolute atomic E-state index is 0.238. The van der Waals surface area contributed by atoms with Crippen molar-refractivity contribution in [3.8, 4) is 0 Å². The van der Waals surface area contributed by atoms with Gasteiger partial charge in [-0.2, -0.15) is 0 Å². The molecule has 0 unspecified atom stereocenters. The third-order valence-corrected chi connectivity index (χ3v) is 3.89. The highest BCUT2D eigenvalue weighted by atomic mass is 16.4. The largest absolute Gasteiger partial charge is 0.481 e. The van der Waals surface area contributed by atoms with Gasteiger partial charge in [-0.1, -0.05) is 19.3 Å². The van der Waals surface area contributed by atoms with Crippen LogP contribution in [0.2, 0.25) is 0 Å². The topological polar surface area (TPSA) is 78.4 Å². The van der Waals surface area contributed by atoms with Crippen molar-refractivity contribution in [1.82, 2.24) is 10.6 Å². The van der Waals surface area contributed by atoms with E-state index in [1.165, 1.54) is 12.8 Å². The van der Waals surface area contributed by atoms with E-state index >= 15 is 0 Å². The Morgan fingerprint density at radius 3 is 2.41 bits per heavy atom. The molecule has 0 aromatic heterocycles. The van der Waals surface area contributed by atoms with Gasteiger partial charge >= 0.3 is 12.0 Å². The lowest BCUT2D eigenvalue weighted by Gasteiger charge is -2.37. The van der Waals surface area contributed by atoms with Crippen LogP contribution in [0.5, 0.6) is 0 Å². The Labute approximate surface area is 101 Å². The number of aliphatic carboxylic acids is 1. The Bertz CT molecular complexity index is 309. The number of carbonyl (C=O) groups is 2. The van der Waals surface area contributed by atoms with Crippen LogP contribution in [0.25, 0.3) is 0 Å². The molecule has 2 aliphatic carbocycles. The summed E-state index contributed by atoms with van der Waals surface area (Å²) >= 11 is 0. The Morgan fingerprint density at radius 1 is 1.24 bits per heavy atom. The van der Waals surface area contributed by atoms with Crippen LogP contribution >= 0.6 is 0 Å². The minimum atomic E-state index is -0.790. The van der Waals surface area contributed by atoms with E-state index in [4.69, 9.17) is 5.11 Å². The molecule has 17 heavy (non-hydrogen) atoms. The fourth-order valence-electron chi connectivity index (χ4n) is 2.18. The van der Waals surface area contributed by atoms with Crippen LogP contribution in [-0.2, 0) is 4.79 Å². The smallest absolute Gasteiger partial charge is 0.314 e. The first-order chi connectivity index (χ1) is 8.12. The zero-order valence-electron chi connectivity index (χ0n) is 10.00. The fraction of sp³-hybridized carbons (Fsp3) is 0.833. The Balaban J connectivity index is 1.62. The number of amides is 2. The molecule has 5 nitrogen and oxygen atoms in total. The van der Waals surface area contributed by atoms with Crippen molar-refractivity contribution in [2.75, 3.05) is 13.1 Å². The molecule has 0 spiro atoms. The van der Waals surface area contributed by atoms with Gasteiger partial charge in [0, 0.05) is 13.1 Å². The summed E-state index contributed by atoms with van der Waals surface area (Å²) in [6, 6.07) is -0.238. The number of nitrogens with one attached hydrogen (secondary N) is 2. The first-order valence-corrected chi connectivity index (χ1v) is 6.37. The van der Waals surface area contributed by atoms with E-state index in [1.54, 1.807) is 0 Å². The van der Waals surface area contributed by atoms with Crippen LogP contribution in [0.4, 0.5) is 4.79 Å². The molecule has 0 bridgehead atoms. The van der Waals surface area contributed by atoms with Crippen LogP contribution < -0.4 is 10.6 Å². The minimum Gasteiger partial charge on any atom is -0.481 e. The zero-order valence-corrected chi connectivity index (χ0v) is 10.00. The van der Waals surface area contributed by atoms with Gasteiger partial charge in [0.15, 0.2) is 0 Å². The van der Waals surface area contributed by atoms with Crippen molar-refractivity contribution in [3.63, 3.8) is 0 Å². The lowest BCUT2D eigenvalue weighted by Crippen LogP contribution is -2.49. The number of hydrogen-bond acceptors (Lipinski definition) is 2. The molecular formula is C12H20N2O3. The predicted molar refractivity (Wildman–Crippen MR) is 62.7 cm³/mol. The maximum absolute atomic E-state index is 11.4. The number of carboxylic acid groups (broad SMARTS) is 1. The third kappa shape index (κ3) is 3.11. The molecule has 0 saturated heterocycles. The summed E-state index contributed by atoms with van der Waals surface area (Å²) in [6.45, 7) is 0.939. The van der Waals surface area contributed by atoms with Gasteiger partial charge in [0.05, 0.1) is 5.41 Å². The van der Waals surface area contributed by atoms with Gasteiger partial charge in [-0.15, -0.1) is 0 Å². The number of urea groups is 1. The standard InChI is InChI=1S/C12H20N2O3/c15-10(16)12(5-1-6-12)8-14-11(17)13-7-4-9-2-3-9/h9H,1-8H2,(H,15,16)(H2,13,14,17). The monoisotopic (exact) mass is 240 g/mol. The highest BCUT2D eigenvalue weighted by molar-refractivity contribution is 5.78. The average molecular weight is 240 g/mol. The lowest BCUT2D eigenvalue weighted by atomic mass is 9.69. The van der Waals surface area contributed by atoms with Crippen molar-refractivity contribution in [2.24, 2.45) is 11.3 Å². The highest BCUT2D eigenvalue weighted by Crippen LogP contribution is 2.40. The second-order valence-corrected chi connectivity index (χ2v) is 5.28. The van der Waals surface area contributed by atoms with Crippen molar-refractivity contribution in [2.45, 2.75) is 38.5 Å². The number of carboxylic acids is 1. The summed E-state index contributed by atoms with van der Waals surface area (Å²) in [5, 5.41) is 14.5.